The molecule has 0 amide bonds. The topological polar surface area (TPSA) is 49.3 Å². The van der Waals surface area contributed by atoms with Crippen LogP contribution in [0, 0.1) is 5.92 Å². The molecule has 1 saturated heterocycles. The van der Waals surface area contributed by atoms with Crippen molar-refractivity contribution in [2.45, 2.75) is 35.9 Å². The van der Waals surface area contributed by atoms with Gasteiger partial charge in [-0.15, -0.1) is 23.1 Å². The fraction of sp³-hybridized carbons (Fsp3) is 0.615. The summed E-state index contributed by atoms with van der Waals surface area (Å²) in [6, 6.07) is 3.91. The van der Waals surface area contributed by atoms with Crippen molar-refractivity contribution in [1.82, 2.24) is 5.32 Å². The highest BCUT2D eigenvalue weighted by Crippen LogP contribution is 2.27. The second-order valence-corrected chi connectivity index (χ2v) is 7.00. The first kappa shape index (κ1) is 13.9. The summed E-state index contributed by atoms with van der Waals surface area (Å²) in [4.78, 5) is 10.9. The summed E-state index contributed by atoms with van der Waals surface area (Å²) in [6.45, 7) is 0.847. The predicted molar refractivity (Wildman–Crippen MR) is 76.4 cm³/mol. The molecule has 2 heterocycles. The smallest absolute Gasteiger partial charge is 0.320 e. The third kappa shape index (κ3) is 4.30. The van der Waals surface area contributed by atoms with Crippen molar-refractivity contribution in [3.8, 4) is 0 Å². The molecule has 2 unspecified atom stereocenters. The Bertz CT molecular complexity index is 367. The SMILES string of the molecule is O=C(O)C1CC(CCCSc2cccs2)CCN1. The minimum atomic E-state index is -0.701. The Morgan fingerprint density at radius 1 is 1.61 bits per heavy atom. The second kappa shape index (κ2) is 7.16. The van der Waals surface area contributed by atoms with Crippen LogP contribution in [-0.4, -0.2) is 29.4 Å². The quantitative estimate of drug-likeness (QED) is 0.623. The average Bonchev–Trinajstić information content (AvgIpc) is 2.88. The summed E-state index contributed by atoms with van der Waals surface area (Å²) >= 11 is 3.70. The molecule has 1 aromatic rings. The molecule has 2 N–H and O–H groups in total. The number of thiophene rings is 1. The van der Waals surface area contributed by atoms with E-state index in [0.717, 1.165) is 31.6 Å². The molecule has 0 saturated carbocycles. The highest BCUT2D eigenvalue weighted by Gasteiger charge is 2.25. The summed E-state index contributed by atoms with van der Waals surface area (Å²) in [6.07, 6.45) is 4.25. The molecule has 0 aliphatic carbocycles. The minimum absolute atomic E-state index is 0.325. The number of rotatable bonds is 6. The summed E-state index contributed by atoms with van der Waals surface area (Å²) < 4.78 is 1.38. The van der Waals surface area contributed by atoms with Crippen molar-refractivity contribution in [2.75, 3.05) is 12.3 Å². The Hall–Kier alpha value is -0.520. The van der Waals surface area contributed by atoms with Crippen LogP contribution in [0.1, 0.15) is 25.7 Å². The third-order valence-electron chi connectivity index (χ3n) is 3.31. The molecule has 1 fully saturated rings. The Morgan fingerprint density at radius 3 is 3.22 bits per heavy atom. The number of aliphatic carboxylic acids is 1. The van der Waals surface area contributed by atoms with Gasteiger partial charge in [0.05, 0.1) is 4.21 Å². The van der Waals surface area contributed by atoms with Crippen molar-refractivity contribution in [2.24, 2.45) is 5.92 Å². The van der Waals surface area contributed by atoms with Crippen LogP contribution >= 0.6 is 23.1 Å². The molecule has 1 aromatic heterocycles. The van der Waals surface area contributed by atoms with Crippen LogP contribution in [0.25, 0.3) is 0 Å². The van der Waals surface area contributed by atoms with Crippen molar-refractivity contribution in [1.29, 1.82) is 0 Å². The van der Waals surface area contributed by atoms with Crippen LogP contribution in [-0.2, 0) is 4.79 Å². The number of hydrogen-bond donors (Lipinski definition) is 2. The molecule has 0 radical (unpaired) electrons. The van der Waals surface area contributed by atoms with Crippen molar-refractivity contribution < 1.29 is 9.90 Å². The zero-order valence-corrected chi connectivity index (χ0v) is 11.9. The van der Waals surface area contributed by atoms with Crippen LogP contribution in [0.5, 0.6) is 0 Å². The van der Waals surface area contributed by atoms with Crippen molar-refractivity contribution in [3.63, 3.8) is 0 Å². The van der Waals surface area contributed by atoms with Gasteiger partial charge in [0.15, 0.2) is 0 Å². The minimum Gasteiger partial charge on any atom is -0.480 e. The first-order chi connectivity index (χ1) is 8.75. The molecule has 100 valence electrons. The lowest BCUT2D eigenvalue weighted by Crippen LogP contribution is -2.43. The van der Waals surface area contributed by atoms with Gasteiger partial charge in [-0.25, -0.2) is 0 Å². The highest BCUT2D eigenvalue weighted by atomic mass is 32.2. The van der Waals surface area contributed by atoms with Gasteiger partial charge in [0, 0.05) is 0 Å². The standard InChI is InChI=1S/C13H19NO2S2/c15-13(16)11-9-10(5-6-14-11)3-1-7-17-12-4-2-8-18-12/h2,4,8,10-11,14H,1,3,5-7,9H2,(H,15,16). The first-order valence-corrected chi connectivity index (χ1v) is 8.24. The van der Waals surface area contributed by atoms with Crippen molar-refractivity contribution in [3.05, 3.63) is 17.5 Å². The molecule has 5 heteroatoms. The third-order valence-corrected chi connectivity index (χ3v) is 5.52. The zero-order chi connectivity index (χ0) is 12.8. The van der Waals surface area contributed by atoms with E-state index in [0.29, 0.717) is 5.92 Å². The second-order valence-electron chi connectivity index (χ2n) is 4.66. The summed E-state index contributed by atoms with van der Waals surface area (Å²) in [7, 11) is 0. The molecular weight excluding hydrogens is 266 g/mol. The molecule has 0 bridgehead atoms. The molecular formula is C13H19NO2S2. The molecule has 2 atom stereocenters. The molecule has 2 rings (SSSR count). The number of nitrogens with one attached hydrogen (secondary N) is 1. The first-order valence-electron chi connectivity index (χ1n) is 6.38. The van der Waals surface area contributed by atoms with Crippen LogP contribution in [0.15, 0.2) is 21.7 Å². The lowest BCUT2D eigenvalue weighted by molar-refractivity contribution is -0.140. The van der Waals surface area contributed by atoms with E-state index in [4.69, 9.17) is 5.11 Å². The number of thioether (sulfide) groups is 1. The van der Waals surface area contributed by atoms with Gasteiger partial charge in [-0.2, -0.15) is 0 Å². The highest BCUT2D eigenvalue weighted by molar-refractivity contribution is 8.01. The fourth-order valence-electron chi connectivity index (χ4n) is 2.34. The van der Waals surface area contributed by atoms with Gasteiger partial charge in [-0.05, 0) is 55.3 Å². The van der Waals surface area contributed by atoms with Crippen LogP contribution in [0.4, 0.5) is 0 Å². The van der Waals surface area contributed by atoms with Gasteiger partial charge in [0.2, 0.25) is 0 Å². The van der Waals surface area contributed by atoms with E-state index < -0.39 is 5.97 Å². The van der Waals surface area contributed by atoms with E-state index in [2.05, 4.69) is 22.8 Å². The largest absolute Gasteiger partial charge is 0.480 e. The van der Waals surface area contributed by atoms with Crippen LogP contribution in [0.3, 0.4) is 0 Å². The van der Waals surface area contributed by atoms with Gasteiger partial charge in [-0.1, -0.05) is 6.07 Å². The predicted octanol–water partition coefficient (Wildman–Crippen LogP) is 3.07. The Labute approximate surface area is 116 Å². The summed E-state index contributed by atoms with van der Waals surface area (Å²) in [5, 5.41) is 14.1. The van der Waals surface area contributed by atoms with E-state index in [-0.39, 0.29) is 6.04 Å². The number of carboxylic acid groups (broad SMARTS) is 1. The van der Waals surface area contributed by atoms with Gasteiger partial charge in [0.25, 0.3) is 0 Å². The molecule has 18 heavy (non-hydrogen) atoms. The Balaban J connectivity index is 1.62. The van der Waals surface area contributed by atoms with E-state index in [1.54, 1.807) is 11.3 Å². The molecule has 3 nitrogen and oxygen atoms in total. The van der Waals surface area contributed by atoms with E-state index >= 15 is 0 Å². The average molecular weight is 285 g/mol. The normalized spacial score (nSPS) is 24.0. The van der Waals surface area contributed by atoms with Crippen LogP contribution in [0.2, 0.25) is 0 Å². The number of hydrogen-bond acceptors (Lipinski definition) is 4. The lowest BCUT2D eigenvalue weighted by Gasteiger charge is -2.27. The molecule has 1 aliphatic heterocycles. The van der Waals surface area contributed by atoms with Gasteiger partial charge in [0.1, 0.15) is 6.04 Å². The van der Waals surface area contributed by atoms with Gasteiger partial charge >= 0.3 is 5.97 Å². The Kier molecular flexibility index (Phi) is 5.53. The zero-order valence-electron chi connectivity index (χ0n) is 10.3. The van der Waals surface area contributed by atoms with E-state index in [9.17, 15) is 4.79 Å². The number of carboxylic acids is 1. The molecule has 0 spiro atoms. The monoisotopic (exact) mass is 285 g/mol. The summed E-state index contributed by atoms with van der Waals surface area (Å²) in [5.74, 6) is 1.02. The van der Waals surface area contributed by atoms with E-state index in [1.165, 1.54) is 10.6 Å². The maximum Gasteiger partial charge on any atom is 0.320 e. The maximum atomic E-state index is 10.9. The molecule has 1 aliphatic rings. The number of piperidine rings is 1. The lowest BCUT2D eigenvalue weighted by atomic mass is 9.89. The van der Waals surface area contributed by atoms with Gasteiger partial charge in [-0.3, -0.25) is 4.79 Å². The van der Waals surface area contributed by atoms with Gasteiger partial charge < -0.3 is 10.4 Å². The summed E-state index contributed by atoms with van der Waals surface area (Å²) in [5.41, 5.74) is 0. The fourth-order valence-corrected chi connectivity index (χ4v) is 4.16. The number of carbonyl (C=O) groups is 1. The van der Waals surface area contributed by atoms with Crippen LogP contribution < -0.4 is 5.32 Å². The maximum absolute atomic E-state index is 10.9. The molecule has 0 aromatic carbocycles. The Morgan fingerprint density at radius 2 is 2.50 bits per heavy atom. The van der Waals surface area contributed by atoms with E-state index in [1.807, 2.05) is 11.8 Å². The van der Waals surface area contributed by atoms with Crippen molar-refractivity contribution >= 4 is 29.1 Å².